The number of hydrogen-bond acceptors (Lipinski definition) is 2. The van der Waals surface area contributed by atoms with Crippen LogP contribution in [0.1, 0.15) is 58.1 Å². The van der Waals surface area contributed by atoms with Crippen LogP contribution in [0.15, 0.2) is 0 Å². The van der Waals surface area contributed by atoms with E-state index in [-0.39, 0.29) is 0 Å². The largest absolute Gasteiger partial charge is 0.384 e. The molecule has 3 heteroatoms. The highest BCUT2D eigenvalue weighted by Crippen LogP contribution is 2.25. The molecule has 0 aliphatic carbocycles. The average Bonchev–Trinajstić information content (AvgIpc) is 2.42. The molecule has 1 rings (SSSR count). The van der Waals surface area contributed by atoms with Gasteiger partial charge in [0, 0.05) is 12.0 Å². The Morgan fingerprint density at radius 3 is 2.14 bits per heavy atom. The fourth-order valence-electron chi connectivity index (χ4n) is 1.72. The van der Waals surface area contributed by atoms with Crippen LogP contribution in [-0.2, 0) is 6.42 Å². The Bertz CT molecular complexity index is 311. The summed E-state index contributed by atoms with van der Waals surface area (Å²) in [4.78, 5) is 4.59. The summed E-state index contributed by atoms with van der Waals surface area (Å²) < 4.78 is 2.14. The molecule has 1 heterocycles. The smallest absolute Gasteiger partial charge is 0.127 e. The molecule has 0 bridgehead atoms. The standard InChI is InChI=1S/C11H21N3/c1-6-9-10(12)14(8(4)5)11(13-9)7(2)3/h7-8H,6,12H2,1-5H3. The van der Waals surface area contributed by atoms with Gasteiger partial charge in [-0.15, -0.1) is 0 Å². The molecule has 0 aromatic carbocycles. The van der Waals surface area contributed by atoms with Crippen molar-refractivity contribution in [1.29, 1.82) is 0 Å². The van der Waals surface area contributed by atoms with Crippen LogP contribution < -0.4 is 5.73 Å². The van der Waals surface area contributed by atoms with E-state index in [1.165, 1.54) is 0 Å². The van der Waals surface area contributed by atoms with E-state index in [2.05, 4.69) is 44.2 Å². The van der Waals surface area contributed by atoms with Gasteiger partial charge >= 0.3 is 0 Å². The van der Waals surface area contributed by atoms with E-state index in [4.69, 9.17) is 5.73 Å². The van der Waals surface area contributed by atoms with Gasteiger partial charge < -0.3 is 10.3 Å². The molecule has 3 nitrogen and oxygen atoms in total. The number of rotatable bonds is 3. The highest BCUT2D eigenvalue weighted by atomic mass is 15.2. The number of aromatic nitrogens is 2. The lowest BCUT2D eigenvalue weighted by molar-refractivity contribution is 0.556. The first-order valence-corrected chi connectivity index (χ1v) is 5.35. The van der Waals surface area contributed by atoms with Crippen LogP contribution >= 0.6 is 0 Å². The molecule has 0 radical (unpaired) electrons. The monoisotopic (exact) mass is 195 g/mol. The van der Waals surface area contributed by atoms with E-state index in [1.54, 1.807) is 0 Å². The normalized spacial score (nSPS) is 11.6. The Labute approximate surface area is 86.3 Å². The minimum absolute atomic E-state index is 0.389. The van der Waals surface area contributed by atoms with E-state index in [9.17, 15) is 0 Å². The van der Waals surface area contributed by atoms with Crippen LogP contribution in [0.3, 0.4) is 0 Å². The van der Waals surface area contributed by atoms with Gasteiger partial charge in [0.15, 0.2) is 0 Å². The van der Waals surface area contributed by atoms with Gasteiger partial charge in [-0.25, -0.2) is 4.98 Å². The summed E-state index contributed by atoms with van der Waals surface area (Å²) in [5.74, 6) is 2.38. The minimum Gasteiger partial charge on any atom is -0.384 e. The number of hydrogen-bond donors (Lipinski definition) is 1. The molecular weight excluding hydrogens is 174 g/mol. The third kappa shape index (κ3) is 1.76. The van der Waals surface area contributed by atoms with Gasteiger partial charge in [-0.2, -0.15) is 0 Å². The van der Waals surface area contributed by atoms with Crippen molar-refractivity contribution >= 4 is 5.82 Å². The molecule has 14 heavy (non-hydrogen) atoms. The van der Waals surface area contributed by atoms with E-state index >= 15 is 0 Å². The van der Waals surface area contributed by atoms with Gasteiger partial charge in [-0.1, -0.05) is 20.8 Å². The lowest BCUT2D eigenvalue weighted by Crippen LogP contribution is -2.10. The average molecular weight is 195 g/mol. The topological polar surface area (TPSA) is 43.8 Å². The van der Waals surface area contributed by atoms with E-state index in [0.717, 1.165) is 23.8 Å². The van der Waals surface area contributed by atoms with Crippen molar-refractivity contribution in [2.75, 3.05) is 5.73 Å². The van der Waals surface area contributed by atoms with E-state index in [0.29, 0.717) is 12.0 Å². The van der Waals surface area contributed by atoms with Gasteiger partial charge in [-0.05, 0) is 20.3 Å². The van der Waals surface area contributed by atoms with E-state index in [1.807, 2.05) is 0 Å². The lowest BCUT2D eigenvalue weighted by Gasteiger charge is -2.15. The van der Waals surface area contributed by atoms with Crippen molar-refractivity contribution in [2.45, 2.75) is 53.0 Å². The van der Waals surface area contributed by atoms with Gasteiger partial charge in [0.1, 0.15) is 11.6 Å². The summed E-state index contributed by atoms with van der Waals surface area (Å²) in [6.07, 6.45) is 0.908. The first-order chi connectivity index (χ1) is 6.49. The number of nitrogen functional groups attached to an aromatic ring is 1. The quantitative estimate of drug-likeness (QED) is 0.806. The SMILES string of the molecule is CCc1nc(C(C)C)n(C(C)C)c1N. The van der Waals surface area contributed by atoms with Gasteiger partial charge in [0.2, 0.25) is 0 Å². The fourth-order valence-corrected chi connectivity index (χ4v) is 1.72. The summed E-state index contributed by atoms with van der Waals surface area (Å²) in [5.41, 5.74) is 7.08. The van der Waals surface area contributed by atoms with Crippen molar-refractivity contribution in [3.05, 3.63) is 11.5 Å². The zero-order valence-corrected chi connectivity index (χ0v) is 9.83. The number of anilines is 1. The molecule has 0 unspecified atom stereocenters. The van der Waals surface area contributed by atoms with Crippen molar-refractivity contribution < 1.29 is 0 Å². The summed E-state index contributed by atoms with van der Waals surface area (Å²) in [6, 6.07) is 0.389. The summed E-state index contributed by atoms with van der Waals surface area (Å²) in [5, 5.41) is 0. The third-order valence-electron chi connectivity index (χ3n) is 2.42. The molecule has 0 saturated heterocycles. The maximum absolute atomic E-state index is 6.05. The molecule has 80 valence electrons. The van der Waals surface area contributed by atoms with Crippen molar-refractivity contribution in [3.8, 4) is 0 Å². The summed E-state index contributed by atoms with van der Waals surface area (Å²) in [7, 11) is 0. The van der Waals surface area contributed by atoms with Gasteiger partial charge in [-0.3, -0.25) is 0 Å². The Kier molecular flexibility index (Phi) is 3.19. The summed E-state index contributed by atoms with van der Waals surface area (Å²) in [6.45, 7) is 10.7. The molecule has 0 atom stereocenters. The van der Waals surface area contributed by atoms with Crippen LogP contribution in [0.2, 0.25) is 0 Å². The van der Waals surface area contributed by atoms with Crippen LogP contribution in [-0.4, -0.2) is 9.55 Å². The fraction of sp³-hybridized carbons (Fsp3) is 0.727. The molecule has 0 aliphatic heterocycles. The van der Waals surface area contributed by atoms with Crippen LogP contribution in [0.4, 0.5) is 5.82 Å². The Morgan fingerprint density at radius 2 is 1.86 bits per heavy atom. The second kappa shape index (κ2) is 4.03. The van der Waals surface area contributed by atoms with Crippen LogP contribution in [0, 0.1) is 0 Å². The molecule has 0 spiro atoms. The third-order valence-corrected chi connectivity index (χ3v) is 2.42. The van der Waals surface area contributed by atoms with Crippen molar-refractivity contribution in [2.24, 2.45) is 0 Å². The predicted molar refractivity (Wildman–Crippen MR) is 60.5 cm³/mol. The zero-order valence-electron chi connectivity index (χ0n) is 9.83. The number of nitrogens with two attached hydrogens (primary N) is 1. The first-order valence-electron chi connectivity index (χ1n) is 5.35. The Balaban J connectivity index is 3.27. The maximum Gasteiger partial charge on any atom is 0.127 e. The van der Waals surface area contributed by atoms with Crippen LogP contribution in [0.25, 0.3) is 0 Å². The van der Waals surface area contributed by atoms with Gasteiger partial charge in [0.05, 0.1) is 5.69 Å². The number of aryl methyl sites for hydroxylation is 1. The number of nitrogens with zero attached hydrogens (tertiary/aromatic N) is 2. The van der Waals surface area contributed by atoms with Crippen molar-refractivity contribution in [3.63, 3.8) is 0 Å². The first kappa shape index (κ1) is 11.1. The van der Waals surface area contributed by atoms with Crippen LogP contribution in [0.5, 0.6) is 0 Å². The maximum atomic E-state index is 6.05. The molecule has 1 aromatic rings. The highest BCUT2D eigenvalue weighted by molar-refractivity contribution is 5.39. The Hall–Kier alpha value is -0.990. The number of imidazole rings is 1. The van der Waals surface area contributed by atoms with E-state index < -0.39 is 0 Å². The molecule has 2 N–H and O–H groups in total. The minimum atomic E-state index is 0.389. The van der Waals surface area contributed by atoms with Crippen molar-refractivity contribution in [1.82, 2.24) is 9.55 Å². The zero-order chi connectivity index (χ0) is 10.9. The lowest BCUT2D eigenvalue weighted by atomic mass is 10.2. The molecule has 0 fully saturated rings. The highest BCUT2D eigenvalue weighted by Gasteiger charge is 2.17. The molecule has 0 aliphatic rings. The van der Waals surface area contributed by atoms with Gasteiger partial charge in [0.25, 0.3) is 0 Å². The molecule has 0 saturated carbocycles. The molecule has 1 aromatic heterocycles. The second-order valence-corrected chi connectivity index (χ2v) is 4.27. The molecular formula is C11H21N3. The Morgan fingerprint density at radius 1 is 1.29 bits per heavy atom. The molecule has 0 amide bonds. The predicted octanol–water partition coefficient (Wildman–Crippen LogP) is 2.73. The summed E-state index contributed by atoms with van der Waals surface area (Å²) >= 11 is 0. The second-order valence-electron chi connectivity index (χ2n) is 4.27.